The summed E-state index contributed by atoms with van der Waals surface area (Å²) in [5.41, 5.74) is 15.0. The normalized spacial score (nSPS) is 10.5. The zero-order valence-electron chi connectivity index (χ0n) is 14.6. The van der Waals surface area contributed by atoms with Crippen molar-refractivity contribution in [2.75, 3.05) is 25.7 Å². The van der Waals surface area contributed by atoms with Gasteiger partial charge in [-0.3, -0.25) is 0 Å². The minimum absolute atomic E-state index is 0.142. The molecule has 3 rings (SSSR count). The van der Waals surface area contributed by atoms with Crippen LogP contribution < -0.4 is 20.9 Å². The molecule has 0 saturated heterocycles. The Morgan fingerprint density at radius 2 is 1.77 bits per heavy atom. The van der Waals surface area contributed by atoms with Gasteiger partial charge in [0, 0.05) is 23.7 Å². The van der Waals surface area contributed by atoms with Crippen molar-refractivity contribution in [2.24, 2.45) is 0 Å². The molecule has 0 aliphatic rings. The van der Waals surface area contributed by atoms with Crippen molar-refractivity contribution in [3.05, 3.63) is 53.7 Å². The first-order chi connectivity index (χ1) is 12.5. The van der Waals surface area contributed by atoms with Gasteiger partial charge >= 0.3 is 0 Å². The highest BCUT2D eigenvalue weighted by molar-refractivity contribution is 5.75. The summed E-state index contributed by atoms with van der Waals surface area (Å²) in [6.07, 6.45) is 2.13. The molecule has 0 spiro atoms. The molecule has 0 amide bonds. The number of nitrogens with two attached hydrogens (primary N) is 2. The van der Waals surface area contributed by atoms with Gasteiger partial charge in [0.1, 0.15) is 11.6 Å². The molecule has 0 bridgehead atoms. The maximum absolute atomic E-state index is 9.54. The summed E-state index contributed by atoms with van der Waals surface area (Å²) in [5.74, 6) is 1.90. The van der Waals surface area contributed by atoms with Gasteiger partial charge in [-0.25, -0.2) is 4.98 Å². The van der Waals surface area contributed by atoms with Gasteiger partial charge in [0.2, 0.25) is 5.95 Å². The Labute approximate surface area is 151 Å². The number of hydrogen-bond donors (Lipinski definition) is 3. The molecule has 0 radical (unpaired) electrons. The van der Waals surface area contributed by atoms with Crippen molar-refractivity contribution in [1.82, 2.24) is 9.97 Å². The lowest BCUT2D eigenvalue weighted by molar-refractivity contribution is 0.356. The molecule has 0 unspecified atom stereocenters. The second-order valence-corrected chi connectivity index (χ2v) is 5.74. The summed E-state index contributed by atoms with van der Waals surface area (Å²) in [4.78, 5) is 8.00. The molecule has 0 saturated carbocycles. The number of hydrogen-bond acceptors (Lipinski definition) is 7. The average molecular weight is 352 g/mol. The molecule has 2 aromatic carbocycles. The second kappa shape index (κ2) is 7.18. The highest BCUT2D eigenvalue weighted by Crippen LogP contribution is 2.40. The predicted octanol–water partition coefficient (Wildman–Crippen LogP) is 2.62. The summed E-state index contributed by atoms with van der Waals surface area (Å²) in [5, 5.41) is 9.54. The molecule has 1 aromatic heterocycles. The molecular weight excluding hydrogens is 332 g/mol. The fraction of sp³-hybridized carbons (Fsp3) is 0.158. The number of nitrogens with zero attached hydrogens (tertiary/aromatic N) is 2. The molecule has 0 aliphatic carbocycles. The number of rotatable bonds is 5. The smallest absolute Gasteiger partial charge is 0.221 e. The first kappa shape index (κ1) is 17.3. The number of methoxy groups -OCH3 is 2. The van der Waals surface area contributed by atoms with Crippen molar-refractivity contribution in [2.45, 2.75) is 6.42 Å². The van der Waals surface area contributed by atoms with E-state index in [1.54, 1.807) is 32.5 Å². The average Bonchev–Trinajstić information content (AvgIpc) is 2.64. The summed E-state index contributed by atoms with van der Waals surface area (Å²) < 4.78 is 11.0. The van der Waals surface area contributed by atoms with Crippen molar-refractivity contribution in [3.63, 3.8) is 0 Å². The molecular formula is C19H20N4O3. The molecule has 0 fully saturated rings. The quantitative estimate of drug-likeness (QED) is 0.646. The largest absolute Gasteiger partial charge is 0.508 e. The standard InChI is InChI=1S/C19H20N4O3/c1-25-16-9-11(7-13-10-22-19(21)23-18(13)20)8-15(17(16)26-2)12-3-5-14(24)6-4-12/h3-6,8-10,24H,7H2,1-2H3,(H4,20,21,22,23). The Balaban J connectivity index is 2.08. The summed E-state index contributed by atoms with van der Waals surface area (Å²) in [7, 11) is 3.18. The van der Waals surface area contributed by atoms with Gasteiger partial charge in [-0.1, -0.05) is 12.1 Å². The third-order valence-corrected chi connectivity index (χ3v) is 4.03. The maximum Gasteiger partial charge on any atom is 0.221 e. The van der Waals surface area contributed by atoms with Crippen molar-refractivity contribution >= 4 is 11.8 Å². The van der Waals surface area contributed by atoms with Crippen molar-refractivity contribution < 1.29 is 14.6 Å². The molecule has 7 heteroatoms. The second-order valence-electron chi connectivity index (χ2n) is 5.74. The van der Waals surface area contributed by atoms with E-state index < -0.39 is 0 Å². The van der Waals surface area contributed by atoms with E-state index in [-0.39, 0.29) is 11.7 Å². The van der Waals surface area contributed by atoms with Crippen LogP contribution in [-0.2, 0) is 6.42 Å². The lowest BCUT2D eigenvalue weighted by Crippen LogP contribution is -2.04. The molecule has 5 N–H and O–H groups in total. The van der Waals surface area contributed by atoms with Crippen LogP contribution in [0.5, 0.6) is 17.2 Å². The lowest BCUT2D eigenvalue weighted by Gasteiger charge is -2.16. The van der Waals surface area contributed by atoms with Crippen LogP contribution in [0.2, 0.25) is 0 Å². The molecule has 0 aliphatic heterocycles. The number of phenolic OH excluding ortho intramolecular Hbond substituents is 1. The van der Waals surface area contributed by atoms with E-state index in [0.29, 0.717) is 23.7 Å². The van der Waals surface area contributed by atoms with Gasteiger partial charge in [0.25, 0.3) is 0 Å². The zero-order chi connectivity index (χ0) is 18.7. The maximum atomic E-state index is 9.54. The van der Waals surface area contributed by atoms with Crippen LogP contribution in [0.15, 0.2) is 42.6 Å². The number of aromatic nitrogens is 2. The van der Waals surface area contributed by atoms with Crippen molar-refractivity contribution in [1.29, 1.82) is 0 Å². The highest BCUT2D eigenvalue weighted by atomic mass is 16.5. The minimum Gasteiger partial charge on any atom is -0.508 e. The third-order valence-electron chi connectivity index (χ3n) is 4.03. The Kier molecular flexibility index (Phi) is 4.79. The topological polar surface area (TPSA) is 117 Å². The number of phenols is 1. The highest BCUT2D eigenvalue weighted by Gasteiger charge is 2.15. The van der Waals surface area contributed by atoms with Crippen LogP contribution in [0.4, 0.5) is 11.8 Å². The third kappa shape index (κ3) is 3.46. The van der Waals surface area contributed by atoms with E-state index >= 15 is 0 Å². The Hall–Kier alpha value is -3.48. The number of aromatic hydroxyl groups is 1. The van der Waals surface area contributed by atoms with E-state index in [4.69, 9.17) is 20.9 Å². The minimum atomic E-state index is 0.142. The SMILES string of the molecule is COc1cc(Cc2cnc(N)nc2N)cc(-c2ccc(O)cc2)c1OC. The molecule has 134 valence electrons. The number of ether oxygens (including phenoxy) is 2. The van der Waals surface area contributed by atoms with Gasteiger partial charge in [0.15, 0.2) is 11.5 Å². The molecule has 0 atom stereocenters. The molecule has 1 heterocycles. The molecule has 26 heavy (non-hydrogen) atoms. The van der Waals surface area contributed by atoms with Crippen LogP contribution in [0.3, 0.4) is 0 Å². The van der Waals surface area contributed by atoms with Crippen molar-refractivity contribution in [3.8, 4) is 28.4 Å². The van der Waals surface area contributed by atoms with Crippen LogP contribution in [0.1, 0.15) is 11.1 Å². The van der Waals surface area contributed by atoms with Gasteiger partial charge < -0.3 is 26.0 Å². The fourth-order valence-corrected chi connectivity index (χ4v) is 2.77. The summed E-state index contributed by atoms with van der Waals surface area (Å²) in [6.45, 7) is 0. The van der Waals surface area contributed by atoms with Crippen LogP contribution in [-0.4, -0.2) is 29.3 Å². The lowest BCUT2D eigenvalue weighted by atomic mass is 9.98. The molecule has 3 aromatic rings. The number of anilines is 2. The Morgan fingerprint density at radius 3 is 2.38 bits per heavy atom. The predicted molar refractivity (Wildman–Crippen MR) is 100 cm³/mol. The summed E-state index contributed by atoms with van der Waals surface area (Å²) >= 11 is 0. The van der Waals surface area contributed by atoms with Crippen LogP contribution >= 0.6 is 0 Å². The van der Waals surface area contributed by atoms with Gasteiger partial charge in [-0.2, -0.15) is 4.98 Å². The number of nitrogen functional groups attached to an aromatic ring is 2. The van der Waals surface area contributed by atoms with E-state index in [2.05, 4.69) is 9.97 Å². The Bertz CT molecular complexity index is 927. The van der Waals surface area contributed by atoms with Gasteiger partial charge in [-0.15, -0.1) is 0 Å². The van der Waals surface area contributed by atoms with Crippen LogP contribution in [0, 0.1) is 0 Å². The van der Waals surface area contributed by atoms with E-state index in [9.17, 15) is 5.11 Å². The number of benzene rings is 2. The van der Waals surface area contributed by atoms with E-state index in [0.717, 1.165) is 22.3 Å². The van der Waals surface area contributed by atoms with Gasteiger partial charge in [-0.05, 0) is 35.4 Å². The summed E-state index contributed by atoms with van der Waals surface area (Å²) in [6, 6.07) is 10.8. The first-order valence-electron chi connectivity index (χ1n) is 7.93. The molecule has 7 nitrogen and oxygen atoms in total. The first-order valence-corrected chi connectivity index (χ1v) is 7.93. The zero-order valence-corrected chi connectivity index (χ0v) is 14.6. The van der Waals surface area contributed by atoms with Gasteiger partial charge in [0.05, 0.1) is 14.2 Å². The van der Waals surface area contributed by atoms with E-state index in [1.807, 2.05) is 24.3 Å². The fourth-order valence-electron chi connectivity index (χ4n) is 2.77. The monoisotopic (exact) mass is 352 g/mol. The Morgan fingerprint density at radius 1 is 1.04 bits per heavy atom. The van der Waals surface area contributed by atoms with E-state index in [1.165, 1.54) is 0 Å². The van der Waals surface area contributed by atoms with Crippen LogP contribution in [0.25, 0.3) is 11.1 Å².